The van der Waals surface area contributed by atoms with Gasteiger partial charge in [0.25, 0.3) is 5.91 Å². The molecule has 1 aromatic heterocycles. The van der Waals surface area contributed by atoms with E-state index in [0.29, 0.717) is 5.56 Å². The van der Waals surface area contributed by atoms with Crippen LogP contribution in [0.25, 0.3) is 0 Å². The van der Waals surface area contributed by atoms with Gasteiger partial charge in [0.05, 0.1) is 0 Å². The summed E-state index contributed by atoms with van der Waals surface area (Å²) in [6.45, 7) is 0. The van der Waals surface area contributed by atoms with E-state index in [1.165, 1.54) is 6.42 Å². The molecule has 2 N–H and O–H groups in total. The molecule has 2 aliphatic rings. The van der Waals surface area contributed by atoms with Crippen molar-refractivity contribution in [2.45, 2.75) is 69.9 Å². The second-order valence-electron chi connectivity index (χ2n) is 7.05. The largest absolute Gasteiger partial charge is 0.351 e. The zero-order valence-electron chi connectivity index (χ0n) is 14.2. The Morgan fingerprint density at radius 2 is 1.42 bits per heavy atom. The molecule has 2 fully saturated rings. The van der Waals surface area contributed by atoms with Gasteiger partial charge in [-0.3, -0.25) is 14.6 Å². The molecule has 5 nitrogen and oxygen atoms in total. The van der Waals surface area contributed by atoms with Crippen molar-refractivity contribution in [3.05, 3.63) is 30.1 Å². The summed E-state index contributed by atoms with van der Waals surface area (Å²) in [6.07, 6.45) is 12.9. The molecule has 0 radical (unpaired) electrons. The molecule has 0 bridgehead atoms. The zero-order valence-corrected chi connectivity index (χ0v) is 14.2. The molecule has 1 aromatic rings. The van der Waals surface area contributed by atoms with Gasteiger partial charge in [0, 0.05) is 36.0 Å². The number of pyridine rings is 1. The highest BCUT2D eigenvalue weighted by molar-refractivity contribution is 5.94. The number of hydrogen-bond donors (Lipinski definition) is 2. The number of hydrogen-bond acceptors (Lipinski definition) is 3. The monoisotopic (exact) mass is 329 g/mol. The number of aromatic nitrogens is 1. The van der Waals surface area contributed by atoms with Crippen LogP contribution in [0.4, 0.5) is 0 Å². The lowest BCUT2D eigenvalue weighted by atomic mass is 9.86. The lowest BCUT2D eigenvalue weighted by Gasteiger charge is -2.34. The minimum Gasteiger partial charge on any atom is -0.351 e. The van der Waals surface area contributed by atoms with Crippen LogP contribution < -0.4 is 10.6 Å². The van der Waals surface area contributed by atoms with Crippen LogP contribution in [0.2, 0.25) is 0 Å². The van der Waals surface area contributed by atoms with E-state index in [1.54, 1.807) is 24.5 Å². The normalized spacial score (nSPS) is 25.0. The van der Waals surface area contributed by atoms with Gasteiger partial charge >= 0.3 is 0 Å². The molecule has 0 spiro atoms. The van der Waals surface area contributed by atoms with Crippen LogP contribution in [0.15, 0.2) is 24.5 Å². The van der Waals surface area contributed by atoms with E-state index in [9.17, 15) is 9.59 Å². The minimum absolute atomic E-state index is 0.0203. The van der Waals surface area contributed by atoms with Gasteiger partial charge in [0.15, 0.2) is 0 Å². The van der Waals surface area contributed by atoms with E-state index in [0.717, 1.165) is 51.4 Å². The Kier molecular flexibility index (Phi) is 5.83. The summed E-state index contributed by atoms with van der Waals surface area (Å²) in [5, 5.41) is 6.34. The molecule has 24 heavy (non-hydrogen) atoms. The minimum atomic E-state index is -0.0822. The van der Waals surface area contributed by atoms with Gasteiger partial charge < -0.3 is 10.6 Å². The van der Waals surface area contributed by atoms with Crippen LogP contribution in [0.1, 0.15) is 68.1 Å². The smallest absolute Gasteiger partial charge is 0.251 e. The number of nitrogens with zero attached hydrogens (tertiary/aromatic N) is 1. The number of nitrogens with one attached hydrogen (secondary N) is 2. The first-order valence-electron chi connectivity index (χ1n) is 9.25. The maximum Gasteiger partial charge on any atom is 0.251 e. The van der Waals surface area contributed by atoms with Gasteiger partial charge in [-0.05, 0) is 37.8 Å². The van der Waals surface area contributed by atoms with Gasteiger partial charge in [-0.25, -0.2) is 0 Å². The van der Waals surface area contributed by atoms with Crippen LogP contribution >= 0.6 is 0 Å². The first kappa shape index (κ1) is 16.9. The Labute approximate surface area is 143 Å². The van der Waals surface area contributed by atoms with Crippen molar-refractivity contribution in [2.75, 3.05) is 0 Å². The van der Waals surface area contributed by atoms with Crippen LogP contribution in [0, 0.1) is 5.92 Å². The highest BCUT2D eigenvalue weighted by atomic mass is 16.2. The molecule has 0 aliphatic heterocycles. The molecular formula is C19H27N3O2. The van der Waals surface area contributed by atoms with Crippen LogP contribution in [-0.4, -0.2) is 28.9 Å². The second-order valence-corrected chi connectivity index (χ2v) is 7.05. The van der Waals surface area contributed by atoms with E-state index in [-0.39, 0.29) is 29.8 Å². The summed E-state index contributed by atoms with van der Waals surface area (Å²) in [6, 6.07) is 3.51. The SMILES string of the molecule is O=C(N[C@@H]1CCCC[C@H]1NC(=O)C1CCCCC1)c1ccncc1. The van der Waals surface area contributed by atoms with Gasteiger partial charge in [0.1, 0.15) is 0 Å². The van der Waals surface area contributed by atoms with Gasteiger partial charge in [0.2, 0.25) is 5.91 Å². The topological polar surface area (TPSA) is 71.1 Å². The van der Waals surface area contributed by atoms with Crippen LogP contribution in [-0.2, 0) is 4.79 Å². The fourth-order valence-corrected chi connectivity index (χ4v) is 3.90. The Morgan fingerprint density at radius 3 is 2.08 bits per heavy atom. The molecule has 0 unspecified atom stereocenters. The van der Waals surface area contributed by atoms with Crippen molar-refractivity contribution in [1.29, 1.82) is 0 Å². The van der Waals surface area contributed by atoms with E-state index in [2.05, 4.69) is 15.6 Å². The molecule has 2 saturated carbocycles. The molecule has 0 aromatic carbocycles. The lowest BCUT2D eigenvalue weighted by molar-refractivity contribution is -0.127. The van der Waals surface area contributed by atoms with Crippen molar-refractivity contribution in [3.63, 3.8) is 0 Å². The Morgan fingerprint density at radius 1 is 0.833 bits per heavy atom. The van der Waals surface area contributed by atoms with E-state index < -0.39 is 0 Å². The fourth-order valence-electron chi connectivity index (χ4n) is 3.90. The maximum atomic E-state index is 12.5. The van der Waals surface area contributed by atoms with E-state index in [4.69, 9.17) is 0 Å². The highest BCUT2D eigenvalue weighted by Crippen LogP contribution is 2.25. The maximum absolute atomic E-state index is 12.5. The molecule has 5 heteroatoms. The fraction of sp³-hybridized carbons (Fsp3) is 0.632. The first-order valence-corrected chi connectivity index (χ1v) is 9.25. The third-order valence-corrected chi connectivity index (χ3v) is 5.33. The van der Waals surface area contributed by atoms with Crippen LogP contribution in [0.5, 0.6) is 0 Å². The summed E-state index contributed by atoms with van der Waals surface area (Å²) in [4.78, 5) is 28.9. The van der Waals surface area contributed by atoms with E-state index >= 15 is 0 Å². The third kappa shape index (κ3) is 4.34. The van der Waals surface area contributed by atoms with Gasteiger partial charge in [-0.1, -0.05) is 32.1 Å². The van der Waals surface area contributed by atoms with Gasteiger partial charge in [-0.15, -0.1) is 0 Å². The zero-order chi connectivity index (χ0) is 16.8. The molecule has 2 atom stereocenters. The Hall–Kier alpha value is -1.91. The van der Waals surface area contributed by atoms with Crippen molar-refractivity contribution >= 4 is 11.8 Å². The Bertz CT molecular complexity index is 555. The molecule has 2 aliphatic carbocycles. The molecule has 3 rings (SSSR count). The predicted octanol–water partition coefficient (Wildman–Crippen LogP) is 2.82. The quantitative estimate of drug-likeness (QED) is 0.892. The Balaban J connectivity index is 1.58. The highest BCUT2D eigenvalue weighted by Gasteiger charge is 2.30. The second kappa shape index (κ2) is 8.27. The standard InChI is InChI=1S/C19H27N3O2/c23-18(14-6-2-1-3-7-14)21-16-8-4-5-9-17(16)22-19(24)15-10-12-20-13-11-15/h10-14,16-17H,1-9H2,(H,21,23)(H,22,24)/t16-,17-/m1/s1. The van der Waals surface area contributed by atoms with Crippen molar-refractivity contribution < 1.29 is 9.59 Å². The number of amides is 2. The molecular weight excluding hydrogens is 302 g/mol. The number of carbonyl (C=O) groups is 2. The van der Waals surface area contributed by atoms with Crippen LogP contribution in [0.3, 0.4) is 0 Å². The number of carbonyl (C=O) groups excluding carboxylic acids is 2. The summed E-state index contributed by atoms with van der Waals surface area (Å²) < 4.78 is 0. The average molecular weight is 329 g/mol. The average Bonchev–Trinajstić information content (AvgIpc) is 2.64. The van der Waals surface area contributed by atoms with Crippen molar-refractivity contribution in [1.82, 2.24) is 15.6 Å². The summed E-state index contributed by atoms with van der Waals surface area (Å²) in [7, 11) is 0. The van der Waals surface area contributed by atoms with Crippen molar-refractivity contribution in [2.24, 2.45) is 5.92 Å². The van der Waals surface area contributed by atoms with E-state index in [1.807, 2.05) is 0 Å². The number of rotatable bonds is 4. The lowest BCUT2D eigenvalue weighted by Crippen LogP contribution is -2.54. The summed E-state index contributed by atoms with van der Waals surface area (Å²) in [5.74, 6) is 0.267. The molecule has 0 saturated heterocycles. The summed E-state index contributed by atoms with van der Waals surface area (Å²) >= 11 is 0. The molecule has 130 valence electrons. The summed E-state index contributed by atoms with van der Waals surface area (Å²) in [5.41, 5.74) is 0.618. The van der Waals surface area contributed by atoms with Crippen molar-refractivity contribution in [3.8, 4) is 0 Å². The molecule has 1 heterocycles. The third-order valence-electron chi connectivity index (χ3n) is 5.33. The van der Waals surface area contributed by atoms with Gasteiger partial charge in [-0.2, -0.15) is 0 Å². The molecule has 2 amide bonds. The predicted molar refractivity (Wildman–Crippen MR) is 92.5 cm³/mol. The first-order chi connectivity index (χ1) is 11.7.